The van der Waals surface area contributed by atoms with Gasteiger partial charge in [0.15, 0.2) is 0 Å². The highest BCUT2D eigenvalue weighted by molar-refractivity contribution is 5.17. The van der Waals surface area contributed by atoms with E-state index in [1.165, 1.54) is 19.3 Å². The van der Waals surface area contributed by atoms with E-state index in [4.69, 9.17) is 0 Å². The summed E-state index contributed by atoms with van der Waals surface area (Å²) in [6.45, 7) is 9.31. The molecule has 1 atom stereocenters. The molecule has 0 saturated carbocycles. The van der Waals surface area contributed by atoms with E-state index in [1.54, 1.807) is 11.1 Å². The second-order valence-corrected chi connectivity index (χ2v) is 4.31. The minimum absolute atomic E-state index is 0.776. The fraction of sp³-hybridized carbons (Fsp3) is 0.818. The molecule has 1 aliphatic rings. The van der Waals surface area contributed by atoms with Crippen molar-refractivity contribution < 1.29 is 0 Å². The third kappa shape index (κ3) is 2.08. The minimum Gasteiger partial charge on any atom is -0.0738 e. The van der Waals surface area contributed by atoms with Gasteiger partial charge in [-0.25, -0.2) is 0 Å². The summed E-state index contributed by atoms with van der Waals surface area (Å²) in [5.41, 5.74) is 3.39. The van der Waals surface area contributed by atoms with Gasteiger partial charge in [0.05, 0.1) is 0 Å². The van der Waals surface area contributed by atoms with Crippen LogP contribution in [0.1, 0.15) is 47.0 Å². The van der Waals surface area contributed by atoms with Crippen LogP contribution < -0.4 is 0 Å². The van der Waals surface area contributed by atoms with Crippen molar-refractivity contribution in [2.24, 2.45) is 11.8 Å². The van der Waals surface area contributed by atoms with Crippen molar-refractivity contribution in [3.8, 4) is 0 Å². The van der Waals surface area contributed by atoms with Crippen LogP contribution in [-0.4, -0.2) is 0 Å². The van der Waals surface area contributed by atoms with Crippen molar-refractivity contribution in [2.75, 3.05) is 0 Å². The second kappa shape index (κ2) is 3.42. The van der Waals surface area contributed by atoms with Gasteiger partial charge < -0.3 is 0 Å². The largest absolute Gasteiger partial charge is 0.0738 e. The zero-order chi connectivity index (χ0) is 8.43. The predicted octanol–water partition coefficient (Wildman–Crippen LogP) is 3.78. The Kier molecular flexibility index (Phi) is 2.75. The molecule has 0 aromatic heterocycles. The average molecular weight is 152 g/mol. The molecule has 1 aliphatic carbocycles. The van der Waals surface area contributed by atoms with Crippen LogP contribution in [0.25, 0.3) is 0 Å². The summed E-state index contributed by atoms with van der Waals surface area (Å²) in [6, 6.07) is 0. The van der Waals surface area contributed by atoms with E-state index in [2.05, 4.69) is 27.7 Å². The quantitative estimate of drug-likeness (QED) is 0.502. The first-order chi connectivity index (χ1) is 5.11. The van der Waals surface area contributed by atoms with E-state index in [-0.39, 0.29) is 0 Å². The van der Waals surface area contributed by atoms with Crippen molar-refractivity contribution in [3.05, 3.63) is 11.1 Å². The highest BCUT2D eigenvalue weighted by atomic mass is 14.2. The Morgan fingerprint density at radius 1 is 1.36 bits per heavy atom. The van der Waals surface area contributed by atoms with Crippen LogP contribution in [-0.2, 0) is 0 Å². The smallest absolute Gasteiger partial charge is 0.0257 e. The van der Waals surface area contributed by atoms with Gasteiger partial charge in [-0.1, -0.05) is 31.9 Å². The van der Waals surface area contributed by atoms with Gasteiger partial charge in [0, 0.05) is 0 Å². The lowest BCUT2D eigenvalue weighted by molar-refractivity contribution is 0.466. The summed E-state index contributed by atoms with van der Waals surface area (Å²) in [4.78, 5) is 0. The molecule has 0 spiro atoms. The molecule has 0 N–H and O–H groups in total. The molecule has 0 bridgehead atoms. The third-order valence-corrected chi connectivity index (χ3v) is 2.83. The Morgan fingerprint density at radius 2 is 2.00 bits per heavy atom. The average Bonchev–Trinajstić information content (AvgIpc) is 1.94. The molecule has 0 heteroatoms. The Hall–Kier alpha value is -0.260. The fourth-order valence-corrected chi connectivity index (χ4v) is 2.00. The monoisotopic (exact) mass is 152 g/mol. The van der Waals surface area contributed by atoms with Gasteiger partial charge in [-0.15, -0.1) is 0 Å². The van der Waals surface area contributed by atoms with Crippen LogP contribution >= 0.6 is 0 Å². The van der Waals surface area contributed by atoms with Gasteiger partial charge in [-0.2, -0.15) is 0 Å². The lowest BCUT2D eigenvalue weighted by atomic mass is 9.81. The lowest BCUT2D eigenvalue weighted by Gasteiger charge is -2.25. The third-order valence-electron chi connectivity index (χ3n) is 2.83. The first kappa shape index (κ1) is 8.83. The molecule has 0 saturated heterocycles. The van der Waals surface area contributed by atoms with Crippen molar-refractivity contribution in [1.82, 2.24) is 0 Å². The fourth-order valence-electron chi connectivity index (χ4n) is 2.00. The highest BCUT2D eigenvalue weighted by Crippen LogP contribution is 2.32. The molecule has 1 rings (SSSR count). The lowest BCUT2D eigenvalue weighted by Crippen LogP contribution is -2.10. The van der Waals surface area contributed by atoms with Crippen molar-refractivity contribution in [1.29, 1.82) is 0 Å². The molecule has 0 aliphatic heterocycles. The van der Waals surface area contributed by atoms with Gasteiger partial charge in [-0.3, -0.25) is 0 Å². The summed E-state index contributed by atoms with van der Waals surface area (Å²) in [6.07, 6.45) is 4.10. The van der Waals surface area contributed by atoms with Gasteiger partial charge in [0.25, 0.3) is 0 Å². The van der Waals surface area contributed by atoms with Gasteiger partial charge in [-0.05, 0) is 38.0 Å². The molecular formula is C11H20. The van der Waals surface area contributed by atoms with E-state index in [1.807, 2.05) is 0 Å². The summed E-state index contributed by atoms with van der Waals surface area (Å²) in [5, 5.41) is 0. The number of hydrogen-bond acceptors (Lipinski definition) is 0. The zero-order valence-corrected chi connectivity index (χ0v) is 8.28. The Labute approximate surface area is 70.7 Å². The van der Waals surface area contributed by atoms with Crippen LogP contribution in [0.4, 0.5) is 0 Å². The first-order valence-electron chi connectivity index (χ1n) is 4.79. The topological polar surface area (TPSA) is 0 Å². The maximum atomic E-state index is 2.37. The van der Waals surface area contributed by atoms with E-state index in [0.29, 0.717) is 0 Å². The first-order valence-corrected chi connectivity index (χ1v) is 4.79. The number of rotatable bonds is 1. The summed E-state index contributed by atoms with van der Waals surface area (Å²) in [7, 11) is 0. The van der Waals surface area contributed by atoms with Gasteiger partial charge >= 0.3 is 0 Å². The molecule has 0 heterocycles. The molecule has 0 nitrogen and oxygen atoms in total. The second-order valence-electron chi connectivity index (χ2n) is 4.31. The highest BCUT2D eigenvalue weighted by Gasteiger charge is 2.16. The molecular weight excluding hydrogens is 132 g/mol. The molecule has 64 valence electrons. The van der Waals surface area contributed by atoms with E-state index in [9.17, 15) is 0 Å². The summed E-state index contributed by atoms with van der Waals surface area (Å²) < 4.78 is 0. The molecule has 0 aromatic rings. The molecule has 0 unspecified atom stereocenters. The SMILES string of the molecule is CC1=C(C(C)C)C[C@H](C)CC1. The van der Waals surface area contributed by atoms with Crippen molar-refractivity contribution in [3.63, 3.8) is 0 Å². The summed E-state index contributed by atoms with van der Waals surface area (Å²) >= 11 is 0. The standard InChI is InChI=1S/C11H20/c1-8(2)11-7-9(3)5-6-10(11)4/h8-9H,5-7H2,1-4H3/t9-/m1/s1. The van der Waals surface area contributed by atoms with Crippen LogP contribution in [0.3, 0.4) is 0 Å². The maximum Gasteiger partial charge on any atom is -0.0257 e. The summed E-state index contributed by atoms with van der Waals surface area (Å²) in [5.74, 6) is 1.70. The van der Waals surface area contributed by atoms with Crippen LogP contribution in [0, 0.1) is 11.8 Å². The molecule has 0 fully saturated rings. The van der Waals surface area contributed by atoms with Crippen LogP contribution in [0.15, 0.2) is 11.1 Å². The number of allylic oxidation sites excluding steroid dienone is 2. The zero-order valence-electron chi connectivity index (χ0n) is 8.28. The van der Waals surface area contributed by atoms with Crippen molar-refractivity contribution in [2.45, 2.75) is 47.0 Å². The van der Waals surface area contributed by atoms with Gasteiger partial charge in [0.2, 0.25) is 0 Å². The van der Waals surface area contributed by atoms with E-state index in [0.717, 1.165) is 11.8 Å². The maximum absolute atomic E-state index is 2.37. The molecule has 0 amide bonds. The Bertz CT molecular complexity index is 163. The normalized spacial score (nSPS) is 26.5. The van der Waals surface area contributed by atoms with Crippen LogP contribution in [0.2, 0.25) is 0 Å². The predicted molar refractivity (Wildman–Crippen MR) is 50.6 cm³/mol. The Balaban J connectivity index is 2.71. The molecule has 0 radical (unpaired) electrons. The van der Waals surface area contributed by atoms with E-state index < -0.39 is 0 Å². The molecule has 0 aromatic carbocycles. The molecule has 11 heavy (non-hydrogen) atoms. The van der Waals surface area contributed by atoms with E-state index >= 15 is 0 Å². The van der Waals surface area contributed by atoms with Crippen LogP contribution in [0.5, 0.6) is 0 Å². The minimum atomic E-state index is 0.776. The number of hydrogen-bond donors (Lipinski definition) is 0. The Morgan fingerprint density at radius 3 is 2.45 bits per heavy atom. The van der Waals surface area contributed by atoms with Crippen molar-refractivity contribution >= 4 is 0 Å². The van der Waals surface area contributed by atoms with Gasteiger partial charge in [0.1, 0.15) is 0 Å².